The summed E-state index contributed by atoms with van der Waals surface area (Å²) in [5, 5.41) is 3.69. The minimum absolute atomic E-state index is 0.488. The molecule has 2 heteroatoms. The van der Waals surface area contributed by atoms with E-state index in [1.807, 2.05) is 13.1 Å². The lowest BCUT2D eigenvalue weighted by Crippen LogP contribution is -2.22. The van der Waals surface area contributed by atoms with Crippen LogP contribution in [0.15, 0.2) is 48.7 Å². The number of rotatable bonds is 5. The molecule has 98 valence electrons. The monoisotopic (exact) mass is 252 g/mol. The molecule has 3 rings (SSSR count). The molecule has 1 saturated carbocycles. The van der Waals surface area contributed by atoms with Gasteiger partial charge in [-0.25, -0.2) is 0 Å². The van der Waals surface area contributed by atoms with Crippen molar-refractivity contribution in [2.75, 3.05) is 0 Å². The molecule has 1 heterocycles. The Balaban J connectivity index is 1.67. The van der Waals surface area contributed by atoms with Crippen LogP contribution < -0.4 is 5.32 Å². The summed E-state index contributed by atoms with van der Waals surface area (Å²) in [4.78, 5) is 4.35. The first-order valence-electron chi connectivity index (χ1n) is 7.03. The van der Waals surface area contributed by atoms with E-state index in [-0.39, 0.29) is 0 Å². The molecular formula is C17H20N2. The number of aryl methyl sites for hydroxylation is 1. The first kappa shape index (κ1) is 12.4. The molecule has 0 saturated heterocycles. The molecule has 1 aromatic carbocycles. The number of benzene rings is 1. The molecular weight excluding hydrogens is 232 g/mol. The summed E-state index contributed by atoms with van der Waals surface area (Å²) in [6.07, 6.45) is 4.66. The van der Waals surface area contributed by atoms with E-state index in [0.29, 0.717) is 6.04 Å². The van der Waals surface area contributed by atoms with Crippen molar-refractivity contribution in [1.29, 1.82) is 0 Å². The van der Waals surface area contributed by atoms with Crippen LogP contribution in [-0.2, 0) is 6.54 Å². The summed E-state index contributed by atoms with van der Waals surface area (Å²) in [5.41, 5.74) is 3.74. The van der Waals surface area contributed by atoms with E-state index in [2.05, 4.69) is 52.8 Å². The Bertz CT molecular complexity index is 515. The highest BCUT2D eigenvalue weighted by atomic mass is 14.9. The SMILES string of the molecule is Cc1ccc(CNC(c2ccccc2)C2CC2)cn1. The number of aromatic nitrogens is 1. The van der Waals surface area contributed by atoms with Gasteiger partial charge in [0.15, 0.2) is 0 Å². The minimum atomic E-state index is 0.488. The third-order valence-corrected chi connectivity index (χ3v) is 3.75. The third-order valence-electron chi connectivity index (χ3n) is 3.75. The van der Waals surface area contributed by atoms with Gasteiger partial charge in [-0.15, -0.1) is 0 Å². The molecule has 2 nitrogen and oxygen atoms in total. The fourth-order valence-electron chi connectivity index (χ4n) is 2.48. The molecule has 0 aliphatic heterocycles. The van der Waals surface area contributed by atoms with Crippen molar-refractivity contribution in [3.05, 3.63) is 65.5 Å². The maximum atomic E-state index is 4.35. The van der Waals surface area contributed by atoms with E-state index in [9.17, 15) is 0 Å². The van der Waals surface area contributed by atoms with Crippen molar-refractivity contribution in [2.24, 2.45) is 5.92 Å². The lowest BCUT2D eigenvalue weighted by molar-refractivity contribution is 0.480. The van der Waals surface area contributed by atoms with E-state index in [1.54, 1.807) is 0 Å². The van der Waals surface area contributed by atoms with Crippen molar-refractivity contribution in [1.82, 2.24) is 10.3 Å². The Morgan fingerprint density at radius 2 is 1.95 bits per heavy atom. The summed E-state index contributed by atoms with van der Waals surface area (Å²) < 4.78 is 0. The highest BCUT2D eigenvalue weighted by Crippen LogP contribution is 2.41. The van der Waals surface area contributed by atoms with Crippen LogP contribution in [0.3, 0.4) is 0 Å². The van der Waals surface area contributed by atoms with E-state index in [1.165, 1.54) is 24.0 Å². The summed E-state index contributed by atoms with van der Waals surface area (Å²) >= 11 is 0. The molecule has 1 aromatic heterocycles. The van der Waals surface area contributed by atoms with Crippen LogP contribution in [0.2, 0.25) is 0 Å². The van der Waals surface area contributed by atoms with Gasteiger partial charge in [0.2, 0.25) is 0 Å². The number of hydrogen-bond acceptors (Lipinski definition) is 2. The van der Waals surface area contributed by atoms with Gasteiger partial charge in [0, 0.05) is 24.5 Å². The molecule has 1 atom stereocenters. The van der Waals surface area contributed by atoms with Gasteiger partial charge in [0.05, 0.1) is 0 Å². The Morgan fingerprint density at radius 1 is 1.16 bits per heavy atom. The average Bonchev–Trinajstić information content (AvgIpc) is 3.27. The third kappa shape index (κ3) is 3.21. The fourth-order valence-corrected chi connectivity index (χ4v) is 2.48. The van der Waals surface area contributed by atoms with E-state index < -0.39 is 0 Å². The topological polar surface area (TPSA) is 24.9 Å². The summed E-state index contributed by atoms with van der Waals surface area (Å²) in [7, 11) is 0. The predicted molar refractivity (Wildman–Crippen MR) is 77.7 cm³/mol. The normalized spacial score (nSPS) is 16.3. The van der Waals surface area contributed by atoms with Gasteiger partial charge in [-0.1, -0.05) is 36.4 Å². The Hall–Kier alpha value is -1.67. The molecule has 0 amide bonds. The molecule has 0 spiro atoms. The van der Waals surface area contributed by atoms with Crippen LogP contribution >= 0.6 is 0 Å². The van der Waals surface area contributed by atoms with Crippen LogP contribution in [0.25, 0.3) is 0 Å². The molecule has 2 aromatic rings. The highest BCUT2D eigenvalue weighted by molar-refractivity contribution is 5.22. The molecule has 0 radical (unpaired) electrons. The Morgan fingerprint density at radius 3 is 2.58 bits per heavy atom. The van der Waals surface area contributed by atoms with E-state index in [0.717, 1.165) is 18.2 Å². The molecule has 0 bridgehead atoms. The standard InChI is InChI=1S/C17H20N2/c1-13-7-8-14(11-18-13)12-19-17(16-9-10-16)15-5-3-2-4-6-15/h2-8,11,16-17,19H,9-10,12H2,1H3. The van der Waals surface area contributed by atoms with Crippen LogP contribution in [-0.4, -0.2) is 4.98 Å². The van der Waals surface area contributed by atoms with Gasteiger partial charge >= 0.3 is 0 Å². The fraction of sp³-hybridized carbons (Fsp3) is 0.353. The second-order valence-electron chi connectivity index (χ2n) is 5.41. The van der Waals surface area contributed by atoms with Crippen molar-refractivity contribution in [2.45, 2.75) is 32.4 Å². The first-order valence-corrected chi connectivity index (χ1v) is 7.03. The van der Waals surface area contributed by atoms with Gasteiger partial charge < -0.3 is 5.32 Å². The maximum Gasteiger partial charge on any atom is 0.0372 e. The summed E-state index contributed by atoms with van der Waals surface area (Å²) in [5.74, 6) is 0.806. The molecule has 1 aliphatic carbocycles. The maximum absolute atomic E-state index is 4.35. The van der Waals surface area contributed by atoms with Crippen LogP contribution in [0.1, 0.15) is 35.7 Å². The predicted octanol–water partition coefficient (Wildman–Crippen LogP) is 3.63. The van der Waals surface area contributed by atoms with Gasteiger partial charge in [0.1, 0.15) is 0 Å². The summed E-state index contributed by atoms with van der Waals surface area (Å²) in [6, 6.07) is 15.5. The molecule has 1 fully saturated rings. The zero-order valence-corrected chi connectivity index (χ0v) is 11.3. The van der Waals surface area contributed by atoms with E-state index >= 15 is 0 Å². The number of hydrogen-bond donors (Lipinski definition) is 1. The second-order valence-corrected chi connectivity index (χ2v) is 5.41. The Labute approximate surface area is 114 Å². The Kier molecular flexibility index (Phi) is 3.60. The highest BCUT2D eigenvalue weighted by Gasteiger charge is 2.31. The van der Waals surface area contributed by atoms with Crippen LogP contribution in [0, 0.1) is 12.8 Å². The van der Waals surface area contributed by atoms with E-state index in [4.69, 9.17) is 0 Å². The number of nitrogens with zero attached hydrogens (tertiary/aromatic N) is 1. The molecule has 1 unspecified atom stereocenters. The van der Waals surface area contributed by atoms with Gasteiger partial charge in [-0.05, 0) is 42.9 Å². The molecule has 19 heavy (non-hydrogen) atoms. The van der Waals surface area contributed by atoms with Crippen molar-refractivity contribution >= 4 is 0 Å². The average molecular weight is 252 g/mol. The van der Waals surface area contributed by atoms with Crippen LogP contribution in [0.5, 0.6) is 0 Å². The zero-order chi connectivity index (χ0) is 13.1. The lowest BCUT2D eigenvalue weighted by atomic mass is 10.0. The van der Waals surface area contributed by atoms with Crippen molar-refractivity contribution in [3.8, 4) is 0 Å². The minimum Gasteiger partial charge on any atom is -0.306 e. The van der Waals surface area contributed by atoms with Gasteiger partial charge in [0.25, 0.3) is 0 Å². The quantitative estimate of drug-likeness (QED) is 0.879. The largest absolute Gasteiger partial charge is 0.306 e. The smallest absolute Gasteiger partial charge is 0.0372 e. The van der Waals surface area contributed by atoms with Crippen molar-refractivity contribution < 1.29 is 0 Å². The number of nitrogens with one attached hydrogen (secondary N) is 1. The van der Waals surface area contributed by atoms with Gasteiger partial charge in [-0.3, -0.25) is 4.98 Å². The van der Waals surface area contributed by atoms with Crippen molar-refractivity contribution in [3.63, 3.8) is 0 Å². The van der Waals surface area contributed by atoms with Crippen LogP contribution in [0.4, 0.5) is 0 Å². The molecule has 1 N–H and O–H groups in total. The zero-order valence-electron chi connectivity index (χ0n) is 11.3. The molecule has 1 aliphatic rings. The summed E-state index contributed by atoms with van der Waals surface area (Å²) in [6.45, 7) is 2.91. The number of pyridine rings is 1. The lowest BCUT2D eigenvalue weighted by Gasteiger charge is -2.18. The first-order chi connectivity index (χ1) is 9.33. The van der Waals surface area contributed by atoms with Gasteiger partial charge in [-0.2, -0.15) is 0 Å². The second kappa shape index (κ2) is 5.54.